The molecule has 0 spiro atoms. The highest BCUT2D eigenvalue weighted by Gasteiger charge is 2.19. The third kappa shape index (κ3) is 5.44. The van der Waals surface area contributed by atoms with Crippen LogP contribution in [0, 0.1) is 18.7 Å². The van der Waals surface area contributed by atoms with Gasteiger partial charge in [-0.25, -0.2) is 9.07 Å². The van der Waals surface area contributed by atoms with E-state index in [9.17, 15) is 14.0 Å². The number of nitrogens with one attached hydrogen (secondary N) is 2. The van der Waals surface area contributed by atoms with Gasteiger partial charge in [0.05, 0.1) is 11.9 Å². The van der Waals surface area contributed by atoms with E-state index in [1.807, 2.05) is 6.07 Å². The Kier molecular flexibility index (Phi) is 7.82. The molecule has 1 aliphatic heterocycles. The summed E-state index contributed by atoms with van der Waals surface area (Å²) in [6, 6.07) is 7.81. The van der Waals surface area contributed by atoms with E-state index in [-0.39, 0.29) is 35.9 Å². The van der Waals surface area contributed by atoms with Crippen molar-refractivity contribution in [2.24, 2.45) is 5.92 Å². The van der Waals surface area contributed by atoms with Crippen LogP contribution in [-0.2, 0) is 13.1 Å². The number of carbonyl (C=O) groups excluding carboxylic acids is 1. The number of carbonyl (C=O) groups is 1. The number of pyridine rings is 1. The van der Waals surface area contributed by atoms with E-state index in [1.165, 1.54) is 12.1 Å². The van der Waals surface area contributed by atoms with E-state index < -0.39 is 5.91 Å². The van der Waals surface area contributed by atoms with Crippen LogP contribution in [0.2, 0.25) is 0 Å². The number of aromatic nitrogens is 3. The van der Waals surface area contributed by atoms with E-state index >= 15 is 0 Å². The molecule has 1 unspecified atom stereocenters. The van der Waals surface area contributed by atoms with Crippen LogP contribution in [0.25, 0.3) is 5.69 Å². The molecule has 1 aliphatic rings. The Morgan fingerprint density at radius 2 is 2.06 bits per heavy atom. The number of nitrogens with zero attached hydrogens (tertiary/aromatic N) is 3. The quantitative estimate of drug-likeness (QED) is 0.594. The van der Waals surface area contributed by atoms with Crippen molar-refractivity contribution < 1.29 is 9.18 Å². The Labute approximate surface area is 192 Å². The van der Waals surface area contributed by atoms with Crippen molar-refractivity contribution in [3.8, 4) is 5.69 Å². The van der Waals surface area contributed by atoms with Crippen molar-refractivity contribution in [2.45, 2.75) is 32.9 Å². The first-order valence-corrected chi connectivity index (χ1v) is 10.5. The molecule has 0 aliphatic carbocycles. The SMILES string of the molecule is Cc1ccn(CC2CCCNC2)c(=O)c1C(=O)NCc1cnn(-c2ccc(F)cc2)c1.Cl. The summed E-state index contributed by atoms with van der Waals surface area (Å²) in [5.74, 6) is -0.317. The molecule has 0 radical (unpaired) electrons. The molecular weight excluding hydrogens is 433 g/mol. The predicted molar refractivity (Wildman–Crippen MR) is 123 cm³/mol. The summed E-state index contributed by atoms with van der Waals surface area (Å²) in [5, 5.41) is 10.4. The van der Waals surface area contributed by atoms with Gasteiger partial charge in [-0.3, -0.25) is 9.59 Å². The maximum Gasteiger partial charge on any atom is 0.263 e. The minimum atomic E-state index is -0.395. The molecule has 32 heavy (non-hydrogen) atoms. The second kappa shape index (κ2) is 10.6. The number of aryl methyl sites for hydroxylation is 1. The number of halogens is 2. The molecule has 1 fully saturated rings. The first-order valence-electron chi connectivity index (χ1n) is 10.5. The molecule has 9 heteroatoms. The molecule has 0 bridgehead atoms. The van der Waals surface area contributed by atoms with Crippen LogP contribution in [0.5, 0.6) is 0 Å². The second-order valence-corrected chi connectivity index (χ2v) is 8.00. The molecule has 3 aromatic rings. The minimum Gasteiger partial charge on any atom is -0.348 e. The van der Waals surface area contributed by atoms with Crippen molar-refractivity contribution in [1.29, 1.82) is 0 Å². The highest BCUT2D eigenvalue weighted by atomic mass is 35.5. The average Bonchev–Trinajstić information content (AvgIpc) is 3.25. The lowest BCUT2D eigenvalue weighted by Gasteiger charge is -2.23. The van der Waals surface area contributed by atoms with Crippen molar-refractivity contribution >= 4 is 18.3 Å². The summed E-state index contributed by atoms with van der Waals surface area (Å²) in [4.78, 5) is 25.8. The Hall–Kier alpha value is -2.97. The Morgan fingerprint density at radius 3 is 2.78 bits per heavy atom. The van der Waals surface area contributed by atoms with E-state index in [4.69, 9.17) is 0 Å². The van der Waals surface area contributed by atoms with E-state index in [0.29, 0.717) is 18.0 Å². The molecule has 3 heterocycles. The molecule has 7 nitrogen and oxygen atoms in total. The topological polar surface area (TPSA) is 81.0 Å². The number of piperidine rings is 1. The number of benzene rings is 1. The summed E-state index contributed by atoms with van der Waals surface area (Å²) in [6.07, 6.45) is 7.35. The van der Waals surface area contributed by atoms with Gasteiger partial charge in [-0.05, 0) is 74.7 Å². The summed E-state index contributed by atoms with van der Waals surface area (Å²) < 4.78 is 16.4. The highest BCUT2D eigenvalue weighted by Crippen LogP contribution is 2.13. The molecule has 1 aromatic carbocycles. The molecule has 0 saturated carbocycles. The summed E-state index contributed by atoms with van der Waals surface area (Å²) in [6.45, 7) is 4.52. The largest absolute Gasteiger partial charge is 0.348 e. The first-order chi connectivity index (χ1) is 15.0. The van der Waals surface area contributed by atoms with Gasteiger partial charge >= 0.3 is 0 Å². The van der Waals surface area contributed by atoms with Crippen LogP contribution in [-0.4, -0.2) is 33.3 Å². The minimum absolute atomic E-state index is 0. The number of rotatable bonds is 6. The zero-order valence-electron chi connectivity index (χ0n) is 17.9. The highest BCUT2D eigenvalue weighted by molar-refractivity contribution is 5.95. The van der Waals surface area contributed by atoms with Gasteiger partial charge in [0.15, 0.2) is 0 Å². The fourth-order valence-corrected chi connectivity index (χ4v) is 3.90. The lowest BCUT2D eigenvalue weighted by atomic mass is 9.99. The van der Waals surface area contributed by atoms with Crippen molar-refractivity contribution in [3.63, 3.8) is 0 Å². The maximum absolute atomic E-state index is 13.1. The predicted octanol–water partition coefficient (Wildman–Crippen LogP) is 2.83. The third-order valence-corrected chi connectivity index (χ3v) is 5.63. The van der Waals surface area contributed by atoms with Gasteiger partial charge in [0.2, 0.25) is 0 Å². The Morgan fingerprint density at radius 1 is 1.28 bits per heavy atom. The van der Waals surface area contributed by atoms with Gasteiger partial charge in [-0.15, -0.1) is 12.4 Å². The smallest absolute Gasteiger partial charge is 0.263 e. The van der Waals surface area contributed by atoms with Gasteiger partial charge in [0, 0.05) is 31.0 Å². The summed E-state index contributed by atoms with van der Waals surface area (Å²) >= 11 is 0. The van der Waals surface area contributed by atoms with Crippen LogP contribution in [0.3, 0.4) is 0 Å². The fourth-order valence-electron chi connectivity index (χ4n) is 3.90. The lowest BCUT2D eigenvalue weighted by Crippen LogP contribution is -2.37. The molecular formula is C23H27ClFN5O2. The number of amides is 1. The monoisotopic (exact) mass is 459 g/mol. The van der Waals surface area contributed by atoms with Gasteiger partial charge in [0.1, 0.15) is 11.4 Å². The first kappa shape index (κ1) is 23.7. The summed E-state index contributed by atoms with van der Waals surface area (Å²) in [7, 11) is 0. The molecule has 1 atom stereocenters. The third-order valence-electron chi connectivity index (χ3n) is 5.63. The second-order valence-electron chi connectivity index (χ2n) is 8.00. The van der Waals surface area contributed by atoms with Crippen LogP contribution in [0.15, 0.2) is 53.7 Å². The zero-order chi connectivity index (χ0) is 21.8. The van der Waals surface area contributed by atoms with Gasteiger partial charge in [-0.1, -0.05) is 0 Å². The van der Waals surface area contributed by atoms with E-state index in [1.54, 1.807) is 46.9 Å². The number of hydrogen-bond acceptors (Lipinski definition) is 4. The van der Waals surface area contributed by atoms with Crippen molar-refractivity contribution in [2.75, 3.05) is 13.1 Å². The van der Waals surface area contributed by atoms with Gasteiger partial charge < -0.3 is 15.2 Å². The molecule has 1 amide bonds. The van der Waals surface area contributed by atoms with Crippen LogP contribution >= 0.6 is 12.4 Å². The number of hydrogen-bond donors (Lipinski definition) is 2. The van der Waals surface area contributed by atoms with Crippen LogP contribution < -0.4 is 16.2 Å². The zero-order valence-corrected chi connectivity index (χ0v) is 18.7. The van der Waals surface area contributed by atoms with Crippen molar-refractivity contribution in [1.82, 2.24) is 25.0 Å². The molecule has 2 N–H and O–H groups in total. The fraction of sp³-hybridized carbons (Fsp3) is 0.348. The Bertz CT molecular complexity index is 1120. The summed E-state index contributed by atoms with van der Waals surface area (Å²) in [5.41, 5.74) is 2.07. The standard InChI is InChI=1S/C23H26FN5O2.ClH/c1-16-8-10-28(14-17-3-2-9-25-11-17)23(31)21(16)22(30)26-12-18-13-27-29(15-18)20-6-4-19(24)5-7-20;/h4-8,10,13,15,17,25H,2-3,9,11-12,14H2,1H3,(H,26,30);1H. The van der Waals surface area contributed by atoms with E-state index in [0.717, 1.165) is 37.2 Å². The van der Waals surface area contributed by atoms with Gasteiger partial charge in [-0.2, -0.15) is 5.10 Å². The molecule has 2 aromatic heterocycles. The maximum atomic E-state index is 13.1. The molecule has 170 valence electrons. The van der Waals surface area contributed by atoms with Crippen LogP contribution in [0.4, 0.5) is 4.39 Å². The van der Waals surface area contributed by atoms with Crippen LogP contribution in [0.1, 0.15) is 34.3 Å². The normalized spacial score (nSPS) is 15.8. The van der Waals surface area contributed by atoms with Crippen molar-refractivity contribution in [3.05, 3.63) is 81.8 Å². The molecule has 4 rings (SSSR count). The Balaban J connectivity index is 0.00000289. The molecule has 1 saturated heterocycles. The lowest BCUT2D eigenvalue weighted by molar-refractivity contribution is 0.0948. The van der Waals surface area contributed by atoms with Gasteiger partial charge in [0.25, 0.3) is 11.5 Å². The average molecular weight is 460 g/mol. The van der Waals surface area contributed by atoms with E-state index in [2.05, 4.69) is 15.7 Å².